The van der Waals surface area contributed by atoms with Gasteiger partial charge in [0.2, 0.25) is 0 Å². The van der Waals surface area contributed by atoms with E-state index in [1.807, 2.05) is 33.8 Å². The molecule has 0 bridgehead atoms. The van der Waals surface area contributed by atoms with Crippen LogP contribution < -0.4 is 26.4 Å². The number of methoxy groups -OCH3 is 1. The molecule has 10 nitrogen and oxygen atoms in total. The summed E-state index contributed by atoms with van der Waals surface area (Å²) in [6, 6.07) is 7.38. The number of amides is 3. The van der Waals surface area contributed by atoms with Gasteiger partial charge in [-0.1, -0.05) is 13.0 Å². The Labute approximate surface area is 213 Å². The number of nitrogens with two attached hydrogens (primary N) is 2. The van der Waals surface area contributed by atoms with Crippen molar-refractivity contribution in [2.24, 2.45) is 5.73 Å². The predicted molar refractivity (Wildman–Crippen MR) is 138 cm³/mol. The molecule has 192 valence electrons. The van der Waals surface area contributed by atoms with Crippen molar-refractivity contribution in [1.82, 2.24) is 9.69 Å². The van der Waals surface area contributed by atoms with Crippen molar-refractivity contribution >= 4 is 40.6 Å². The van der Waals surface area contributed by atoms with Gasteiger partial charge in [-0.2, -0.15) is 4.37 Å². The van der Waals surface area contributed by atoms with Gasteiger partial charge in [-0.05, 0) is 75.5 Å². The van der Waals surface area contributed by atoms with Gasteiger partial charge in [0.15, 0.2) is 11.7 Å². The Bertz CT molecular complexity index is 1300. The number of primary amides is 1. The standard InChI is InChI=1S/C25H31N5O5S/c1-7-25(4,5)28-23(32)20(17-11-9-14(3)35-17)30(15-12-13(2)8-10-16(15)34-6)24(33)21-18(26)19(22(27)31)29-36-21/h8-12,20H,7,26H2,1-6H3,(H2,27,31)(H,28,32)/t20-/m0/s1. The lowest BCUT2D eigenvalue weighted by Gasteiger charge is -2.34. The molecule has 5 N–H and O–H groups in total. The lowest BCUT2D eigenvalue weighted by atomic mass is 10.00. The van der Waals surface area contributed by atoms with E-state index >= 15 is 0 Å². The maximum Gasteiger partial charge on any atom is 0.273 e. The molecule has 0 saturated heterocycles. The molecule has 0 radical (unpaired) electrons. The number of nitrogens with one attached hydrogen (secondary N) is 1. The predicted octanol–water partition coefficient (Wildman–Crippen LogP) is 3.74. The van der Waals surface area contributed by atoms with Gasteiger partial charge in [-0.15, -0.1) is 0 Å². The first-order valence-corrected chi connectivity index (χ1v) is 12.1. The molecule has 0 spiro atoms. The van der Waals surface area contributed by atoms with Gasteiger partial charge in [0.25, 0.3) is 17.7 Å². The highest BCUT2D eigenvalue weighted by atomic mass is 32.1. The molecule has 0 aliphatic rings. The normalized spacial score (nSPS) is 12.2. The fourth-order valence-electron chi connectivity index (χ4n) is 3.56. The largest absolute Gasteiger partial charge is 0.495 e. The smallest absolute Gasteiger partial charge is 0.273 e. The number of benzene rings is 1. The van der Waals surface area contributed by atoms with Crippen molar-refractivity contribution in [3.63, 3.8) is 0 Å². The quantitative estimate of drug-likeness (QED) is 0.394. The van der Waals surface area contributed by atoms with E-state index in [2.05, 4.69) is 9.69 Å². The van der Waals surface area contributed by atoms with E-state index in [0.717, 1.165) is 17.1 Å². The van der Waals surface area contributed by atoms with Crippen molar-refractivity contribution < 1.29 is 23.5 Å². The molecule has 3 rings (SSSR count). The summed E-state index contributed by atoms with van der Waals surface area (Å²) in [4.78, 5) is 41.0. The summed E-state index contributed by atoms with van der Waals surface area (Å²) in [7, 11) is 1.47. The molecule has 2 aromatic heterocycles. The van der Waals surface area contributed by atoms with Crippen LogP contribution >= 0.6 is 11.5 Å². The van der Waals surface area contributed by atoms with Gasteiger partial charge in [-0.3, -0.25) is 19.3 Å². The summed E-state index contributed by atoms with van der Waals surface area (Å²) < 4.78 is 15.4. The average molecular weight is 514 g/mol. The van der Waals surface area contributed by atoms with E-state index < -0.39 is 29.3 Å². The number of furan rings is 1. The first-order chi connectivity index (χ1) is 16.9. The first-order valence-electron chi connectivity index (χ1n) is 11.3. The van der Waals surface area contributed by atoms with Gasteiger partial charge in [0, 0.05) is 5.54 Å². The van der Waals surface area contributed by atoms with Crippen LogP contribution in [0.5, 0.6) is 5.75 Å². The molecule has 0 saturated carbocycles. The van der Waals surface area contributed by atoms with Crippen LogP contribution in [0.15, 0.2) is 34.7 Å². The minimum atomic E-state index is -1.23. The van der Waals surface area contributed by atoms with Gasteiger partial charge >= 0.3 is 0 Å². The molecule has 0 fully saturated rings. The second-order valence-electron chi connectivity index (χ2n) is 9.07. The van der Waals surface area contributed by atoms with Crippen LogP contribution in [0.3, 0.4) is 0 Å². The molecule has 1 atom stereocenters. The average Bonchev–Trinajstić information content (AvgIpc) is 3.41. The Morgan fingerprint density at radius 1 is 1.22 bits per heavy atom. The van der Waals surface area contributed by atoms with Crippen molar-refractivity contribution in [2.75, 3.05) is 17.7 Å². The molecular weight excluding hydrogens is 482 g/mol. The lowest BCUT2D eigenvalue weighted by Crippen LogP contribution is -2.50. The highest BCUT2D eigenvalue weighted by molar-refractivity contribution is 7.09. The minimum absolute atomic E-state index is 0.0387. The number of rotatable bonds is 9. The van der Waals surface area contributed by atoms with Crippen molar-refractivity contribution in [3.05, 3.63) is 58.0 Å². The molecular formula is C25H31N5O5S. The molecule has 3 amide bonds. The molecule has 2 heterocycles. The van der Waals surface area contributed by atoms with E-state index in [9.17, 15) is 14.4 Å². The van der Waals surface area contributed by atoms with Crippen LogP contribution in [0.4, 0.5) is 11.4 Å². The van der Waals surface area contributed by atoms with E-state index in [4.69, 9.17) is 20.6 Å². The summed E-state index contributed by atoms with van der Waals surface area (Å²) >= 11 is 0.730. The number of aryl methyl sites for hydroxylation is 2. The highest BCUT2D eigenvalue weighted by Crippen LogP contribution is 2.39. The number of nitrogen functional groups attached to an aromatic ring is 1. The third-order valence-electron chi connectivity index (χ3n) is 5.85. The fourth-order valence-corrected chi connectivity index (χ4v) is 4.30. The summed E-state index contributed by atoms with van der Waals surface area (Å²) in [6.07, 6.45) is 0.647. The second kappa shape index (κ2) is 10.4. The summed E-state index contributed by atoms with van der Waals surface area (Å²) in [5, 5.41) is 3.01. The zero-order chi connectivity index (χ0) is 26.8. The van der Waals surface area contributed by atoms with Crippen LogP contribution in [0.1, 0.15) is 70.5 Å². The fraction of sp³-hybridized carbons (Fsp3) is 0.360. The van der Waals surface area contributed by atoms with Crippen molar-refractivity contribution in [1.29, 1.82) is 0 Å². The number of carbonyl (C=O) groups excluding carboxylic acids is 3. The van der Waals surface area contributed by atoms with Crippen LogP contribution in [0.2, 0.25) is 0 Å². The zero-order valence-corrected chi connectivity index (χ0v) is 22.0. The van der Waals surface area contributed by atoms with Gasteiger partial charge in [0.1, 0.15) is 22.1 Å². The Morgan fingerprint density at radius 3 is 2.44 bits per heavy atom. The van der Waals surface area contributed by atoms with Crippen LogP contribution in [0, 0.1) is 13.8 Å². The topological polar surface area (TPSA) is 154 Å². The Kier molecular flexibility index (Phi) is 7.73. The summed E-state index contributed by atoms with van der Waals surface area (Å²) in [6.45, 7) is 9.31. The monoisotopic (exact) mass is 513 g/mol. The SMILES string of the molecule is CCC(C)(C)NC(=O)[C@H](c1ccc(C)o1)N(C(=O)c1snc(C(N)=O)c1N)c1cc(C)ccc1OC. The zero-order valence-electron chi connectivity index (χ0n) is 21.2. The number of nitrogens with zero attached hydrogens (tertiary/aromatic N) is 2. The Morgan fingerprint density at radius 2 is 1.92 bits per heavy atom. The lowest BCUT2D eigenvalue weighted by molar-refractivity contribution is -0.124. The van der Waals surface area contributed by atoms with Crippen LogP contribution in [-0.2, 0) is 4.79 Å². The number of ether oxygens (including phenoxy) is 1. The Balaban J connectivity index is 2.29. The third kappa shape index (κ3) is 5.35. The van der Waals surface area contributed by atoms with Crippen LogP contribution in [-0.4, -0.2) is 34.7 Å². The molecule has 0 aliphatic heterocycles. The minimum Gasteiger partial charge on any atom is -0.495 e. The summed E-state index contributed by atoms with van der Waals surface area (Å²) in [5.74, 6) is -0.830. The molecule has 1 aromatic carbocycles. The van der Waals surface area contributed by atoms with E-state index in [1.165, 1.54) is 12.0 Å². The van der Waals surface area contributed by atoms with Gasteiger partial charge < -0.3 is 25.9 Å². The van der Waals surface area contributed by atoms with Gasteiger partial charge in [0.05, 0.1) is 18.5 Å². The number of hydrogen-bond acceptors (Lipinski definition) is 8. The van der Waals surface area contributed by atoms with Crippen molar-refractivity contribution in [3.8, 4) is 5.75 Å². The Hall–Kier alpha value is -3.86. The molecule has 3 aromatic rings. The first kappa shape index (κ1) is 26.7. The molecule has 11 heteroatoms. The number of hydrogen-bond donors (Lipinski definition) is 3. The number of anilines is 2. The maximum atomic E-state index is 14.1. The van der Waals surface area contributed by atoms with Crippen LogP contribution in [0.25, 0.3) is 0 Å². The molecule has 0 unspecified atom stereocenters. The number of aromatic nitrogens is 1. The van der Waals surface area contributed by atoms with E-state index in [1.54, 1.807) is 31.2 Å². The molecule has 0 aliphatic carbocycles. The number of carbonyl (C=O) groups is 3. The second-order valence-corrected chi connectivity index (χ2v) is 9.84. The third-order valence-corrected chi connectivity index (χ3v) is 6.70. The highest BCUT2D eigenvalue weighted by Gasteiger charge is 2.40. The molecule has 36 heavy (non-hydrogen) atoms. The maximum absolute atomic E-state index is 14.1. The summed E-state index contributed by atoms with van der Waals surface area (Å²) in [5.41, 5.74) is 11.7. The van der Waals surface area contributed by atoms with Gasteiger partial charge in [-0.25, -0.2) is 0 Å². The van der Waals surface area contributed by atoms with Crippen molar-refractivity contribution in [2.45, 2.75) is 52.6 Å². The van der Waals surface area contributed by atoms with E-state index in [0.29, 0.717) is 23.6 Å². The van der Waals surface area contributed by atoms with E-state index in [-0.39, 0.29) is 22.0 Å².